The normalized spacial score (nSPS) is 12.4. The Morgan fingerprint density at radius 1 is 0.805 bits per heavy atom. The van der Waals surface area contributed by atoms with Gasteiger partial charge in [-0.1, -0.05) is 29.4 Å². The minimum Gasteiger partial charge on any atom is -0.466 e. The predicted octanol–water partition coefficient (Wildman–Crippen LogP) is 5.74. The molecule has 2 aromatic carbocycles. The van der Waals surface area contributed by atoms with Gasteiger partial charge in [0, 0.05) is 24.2 Å². The molecule has 0 heterocycles. The van der Waals surface area contributed by atoms with E-state index in [1.165, 1.54) is 12.1 Å². The highest BCUT2D eigenvalue weighted by Gasteiger charge is 2.24. The monoisotopic (exact) mass is 585 g/mol. The maximum absolute atomic E-state index is 12.4. The van der Waals surface area contributed by atoms with Crippen molar-refractivity contribution >= 4 is 35.4 Å². The van der Waals surface area contributed by atoms with E-state index in [9.17, 15) is 31.9 Å². The molecule has 0 aliphatic carbocycles. The molecule has 41 heavy (non-hydrogen) atoms. The minimum atomic E-state index is -2.50. The molecule has 2 rings (SSSR count). The summed E-state index contributed by atoms with van der Waals surface area (Å²) in [6.07, 6.45) is -4.92. The quantitative estimate of drug-likeness (QED) is 0.0642. The highest BCUT2D eigenvalue weighted by molar-refractivity contribution is 6.31. The maximum Gasteiger partial charge on any atom is 0.313 e. The summed E-state index contributed by atoms with van der Waals surface area (Å²) in [7, 11) is 0. The summed E-state index contributed by atoms with van der Waals surface area (Å²) in [4.78, 5) is 34.9. The van der Waals surface area contributed by atoms with Crippen LogP contribution in [0.3, 0.4) is 0 Å². The number of benzene rings is 2. The molecule has 0 aliphatic rings. The number of oxime groups is 1. The van der Waals surface area contributed by atoms with E-state index in [1.807, 2.05) is 0 Å². The van der Waals surface area contributed by atoms with Gasteiger partial charge in [0.2, 0.25) is 12.9 Å². The molecule has 0 saturated heterocycles. The zero-order valence-electron chi connectivity index (χ0n) is 22.8. The summed E-state index contributed by atoms with van der Waals surface area (Å²) < 4.78 is 59.1. The molecule has 0 bridgehead atoms. The van der Waals surface area contributed by atoms with Gasteiger partial charge in [-0.2, -0.15) is 0 Å². The van der Waals surface area contributed by atoms with Crippen molar-refractivity contribution in [3.05, 3.63) is 59.7 Å². The van der Waals surface area contributed by atoms with Crippen molar-refractivity contribution in [3.63, 3.8) is 0 Å². The zero-order valence-corrected chi connectivity index (χ0v) is 22.8. The van der Waals surface area contributed by atoms with Crippen LogP contribution < -0.4 is 11.1 Å². The van der Waals surface area contributed by atoms with Gasteiger partial charge in [0.1, 0.15) is 6.21 Å². The molecule has 0 spiro atoms. The van der Waals surface area contributed by atoms with Crippen LogP contribution in [-0.2, 0) is 23.9 Å². The third kappa shape index (κ3) is 13.6. The molecule has 226 valence electrons. The summed E-state index contributed by atoms with van der Waals surface area (Å²) in [6.45, 7) is 3.73. The van der Waals surface area contributed by atoms with E-state index in [2.05, 4.69) is 10.5 Å². The summed E-state index contributed by atoms with van der Waals surface area (Å²) in [5, 5.41) is 13.3. The van der Waals surface area contributed by atoms with Crippen molar-refractivity contribution in [2.75, 3.05) is 24.3 Å². The number of carbonyl (C=O) groups is 3. The average molecular weight is 586 g/mol. The third-order valence-electron chi connectivity index (χ3n) is 5.58. The SMILES string of the molecule is CCOC(=O)C(CCC(F)F)c1ccc(N)cc1.CCOC(=O)C(CCC(F)F)c1ccc(NC(=O)/C=N/O)cc1. The van der Waals surface area contributed by atoms with Crippen molar-refractivity contribution in [1.82, 2.24) is 0 Å². The number of anilines is 2. The number of carbonyl (C=O) groups excluding carboxylic acids is 3. The molecular formula is C28H35F4N3O6. The van der Waals surface area contributed by atoms with E-state index < -0.39 is 49.0 Å². The lowest BCUT2D eigenvalue weighted by Gasteiger charge is -2.16. The molecule has 0 radical (unpaired) electrons. The fourth-order valence-electron chi connectivity index (χ4n) is 3.67. The molecule has 0 aromatic heterocycles. The number of ether oxygens (including phenoxy) is 2. The Morgan fingerprint density at radius 3 is 1.59 bits per heavy atom. The molecule has 0 saturated carbocycles. The van der Waals surface area contributed by atoms with Crippen molar-refractivity contribution in [1.29, 1.82) is 0 Å². The number of nitrogens with zero attached hydrogens (tertiary/aromatic N) is 1. The second kappa shape index (κ2) is 19.0. The first kappa shape index (κ1) is 34.9. The number of esters is 2. The highest BCUT2D eigenvalue weighted by atomic mass is 19.3. The van der Waals surface area contributed by atoms with Crippen molar-refractivity contribution in [2.24, 2.45) is 5.16 Å². The van der Waals surface area contributed by atoms with Gasteiger partial charge in [-0.05, 0) is 62.1 Å². The lowest BCUT2D eigenvalue weighted by Crippen LogP contribution is -2.17. The van der Waals surface area contributed by atoms with Crippen LogP contribution in [0.25, 0.3) is 0 Å². The number of nitrogens with one attached hydrogen (secondary N) is 1. The number of amides is 1. The molecule has 1 amide bonds. The first-order valence-electron chi connectivity index (χ1n) is 12.9. The van der Waals surface area contributed by atoms with Crippen LogP contribution in [-0.4, -0.2) is 55.3 Å². The third-order valence-corrected chi connectivity index (χ3v) is 5.58. The van der Waals surface area contributed by atoms with Gasteiger partial charge in [0.15, 0.2) is 0 Å². The maximum atomic E-state index is 12.4. The van der Waals surface area contributed by atoms with E-state index in [1.54, 1.807) is 50.2 Å². The first-order chi connectivity index (χ1) is 19.5. The van der Waals surface area contributed by atoms with Crippen LogP contribution >= 0.6 is 0 Å². The summed E-state index contributed by atoms with van der Waals surface area (Å²) in [5.74, 6) is -3.09. The van der Waals surface area contributed by atoms with E-state index in [0.29, 0.717) is 28.7 Å². The Bertz CT molecular complexity index is 1100. The molecule has 2 aromatic rings. The Kier molecular flexibility index (Phi) is 16.2. The number of nitrogen functional groups attached to an aromatic ring is 1. The van der Waals surface area contributed by atoms with Gasteiger partial charge in [-0.25, -0.2) is 17.6 Å². The molecular weight excluding hydrogens is 550 g/mol. The average Bonchev–Trinajstić information content (AvgIpc) is 2.91. The van der Waals surface area contributed by atoms with Gasteiger partial charge in [-0.15, -0.1) is 0 Å². The van der Waals surface area contributed by atoms with Crippen molar-refractivity contribution in [2.45, 2.75) is 64.2 Å². The van der Waals surface area contributed by atoms with E-state index in [4.69, 9.17) is 20.4 Å². The molecule has 2 atom stereocenters. The van der Waals surface area contributed by atoms with E-state index in [0.717, 1.165) is 0 Å². The molecule has 13 heteroatoms. The first-order valence-corrected chi connectivity index (χ1v) is 12.9. The van der Waals surface area contributed by atoms with Crippen LogP contribution in [0.15, 0.2) is 53.7 Å². The van der Waals surface area contributed by atoms with E-state index in [-0.39, 0.29) is 32.5 Å². The van der Waals surface area contributed by atoms with Gasteiger partial charge >= 0.3 is 11.9 Å². The Hall–Kier alpha value is -4.16. The van der Waals surface area contributed by atoms with Crippen LogP contribution in [0.2, 0.25) is 0 Å². The lowest BCUT2D eigenvalue weighted by atomic mass is 9.94. The topological polar surface area (TPSA) is 140 Å². The fraction of sp³-hybridized carbons (Fsp3) is 0.429. The van der Waals surface area contributed by atoms with Crippen LogP contribution in [0.5, 0.6) is 0 Å². The van der Waals surface area contributed by atoms with Gasteiger partial charge < -0.3 is 25.7 Å². The fourth-order valence-corrected chi connectivity index (χ4v) is 3.67. The predicted molar refractivity (Wildman–Crippen MR) is 145 cm³/mol. The van der Waals surface area contributed by atoms with Crippen LogP contribution in [0, 0.1) is 0 Å². The van der Waals surface area contributed by atoms with Crippen molar-refractivity contribution in [3.8, 4) is 0 Å². The number of hydrogen-bond acceptors (Lipinski definition) is 8. The Labute approximate surface area is 235 Å². The van der Waals surface area contributed by atoms with Crippen LogP contribution in [0.4, 0.5) is 28.9 Å². The zero-order chi connectivity index (χ0) is 30.8. The highest BCUT2D eigenvalue weighted by Crippen LogP contribution is 2.27. The standard InChI is InChI=1S/C15H18F2N2O4.C13H17F2NO2/c1-2-23-15(21)12(7-8-13(16)17)10-3-5-11(6-4-10)19-14(20)9-18-22;1-2-18-13(17)11(7-8-12(14)15)9-3-5-10(16)6-4-9/h3-6,9,12-13,22H,2,7-8H2,1H3,(H,19,20);3-6,11-12H,2,7-8,16H2,1H3/b18-9+;. The summed E-state index contributed by atoms with van der Waals surface area (Å²) >= 11 is 0. The smallest absolute Gasteiger partial charge is 0.313 e. The van der Waals surface area contributed by atoms with E-state index >= 15 is 0 Å². The Balaban J connectivity index is 0.000000422. The number of rotatable bonds is 14. The van der Waals surface area contributed by atoms with Crippen molar-refractivity contribution < 1.29 is 46.6 Å². The van der Waals surface area contributed by atoms with Crippen LogP contribution in [0.1, 0.15) is 62.5 Å². The second-order valence-electron chi connectivity index (χ2n) is 8.57. The molecule has 4 N–H and O–H groups in total. The summed E-state index contributed by atoms with van der Waals surface area (Å²) in [5.41, 5.74) is 7.71. The molecule has 2 unspecified atom stereocenters. The van der Waals surface area contributed by atoms with Gasteiger partial charge in [-0.3, -0.25) is 14.4 Å². The number of alkyl halides is 4. The molecule has 9 nitrogen and oxygen atoms in total. The largest absolute Gasteiger partial charge is 0.466 e. The molecule has 0 fully saturated rings. The van der Waals surface area contributed by atoms with Gasteiger partial charge in [0.05, 0.1) is 25.0 Å². The van der Waals surface area contributed by atoms with Gasteiger partial charge in [0.25, 0.3) is 5.91 Å². The number of hydrogen-bond donors (Lipinski definition) is 3. The number of halogens is 4. The Morgan fingerprint density at radius 2 is 1.22 bits per heavy atom. The second-order valence-corrected chi connectivity index (χ2v) is 8.57. The summed E-state index contributed by atoms with van der Waals surface area (Å²) in [6, 6.07) is 12.8. The lowest BCUT2D eigenvalue weighted by molar-refractivity contribution is -0.146. The molecule has 0 aliphatic heterocycles. The number of nitrogens with two attached hydrogens (primary N) is 1. The minimum absolute atomic E-state index is 0.0284.